The van der Waals surface area contributed by atoms with E-state index in [0.29, 0.717) is 24.6 Å². The fourth-order valence-corrected chi connectivity index (χ4v) is 2.05. The Morgan fingerprint density at radius 2 is 2.28 bits per heavy atom. The Hall–Kier alpha value is -1.39. The number of benzene rings is 1. The summed E-state index contributed by atoms with van der Waals surface area (Å²) < 4.78 is 0. The molecular weight excluding hydrogens is 228 g/mol. The van der Waals surface area contributed by atoms with E-state index in [0.717, 1.165) is 24.0 Å². The summed E-state index contributed by atoms with van der Waals surface area (Å²) in [5, 5.41) is 13.0. The fourth-order valence-electron chi connectivity index (χ4n) is 2.05. The summed E-state index contributed by atoms with van der Waals surface area (Å²) >= 11 is 0. The van der Waals surface area contributed by atoms with Gasteiger partial charge in [0, 0.05) is 18.7 Å². The van der Waals surface area contributed by atoms with Gasteiger partial charge < -0.3 is 16.2 Å². The first-order valence-corrected chi connectivity index (χ1v) is 6.36. The van der Waals surface area contributed by atoms with Gasteiger partial charge in [-0.25, -0.2) is 0 Å². The van der Waals surface area contributed by atoms with E-state index in [2.05, 4.69) is 5.32 Å². The Labute approximate surface area is 107 Å². The molecule has 1 saturated carbocycles. The lowest BCUT2D eigenvalue weighted by Gasteiger charge is -2.12. The number of primary amides is 1. The van der Waals surface area contributed by atoms with Crippen LogP contribution in [0.15, 0.2) is 18.2 Å². The maximum absolute atomic E-state index is 11.0. The molecule has 0 radical (unpaired) electrons. The van der Waals surface area contributed by atoms with Crippen molar-refractivity contribution in [3.8, 4) is 0 Å². The molecule has 0 saturated heterocycles. The first-order chi connectivity index (χ1) is 8.58. The third-order valence-corrected chi connectivity index (χ3v) is 3.46. The lowest BCUT2D eigenvalue weighted by Crippen LogP contribution is -2.28. The minimum atomic E-state index is -0.401. The summed E-state index contributed by atoms with van der Waals surface area (Å²) in [6.07, 6.45) is 2.07. The Morgan fingerprint density at radius 1 is 1.56 bits per heavy atom. The highest BCUT2D eigenvalue weighted by molar-refractivity contribution is 5.93. The van der Waals surface area contributed by atoms with Gasteiger partial charge in [0.15, 0.2) is 0 Å². The van der Waals surface area contributed by atoms with E-state index in [9.17, 15) is 9.90 Å². The summed E-state index contributed by atoms with van der Waals surface area (Å²) in [7, 11) is 0. The van der Waals surface area contributed by atoms with E-state index in [1.807, 2.05) is 13.0 Å². The number of nitrogens with one attached hydrogen (secondary N) is 1. The number of aliphatic hydroxyl groups is 1. The molecule has 0 heterocycles. The predicted molar refractivity (Wildman–Crippen MR) is 70.1 cm³/mol. The van der Waals surface area contributed by atoms with E-state index in [1.54, 1.807) is 12.1 Å². The number of nitrogens with two attached hydrogens (primary N) is 1. The zero-order valence-electron chi connectivity index (χ0n) is 10.6. The number of rotatable bonds is 6. The molecule has 1 amide bonds. The lowest BCUT2D eigenvalue weighted by atomic mass is 10.0. The number of carbonyl (C=O) groups excluding carboxylic acids is 1. The molecule has 1 fully saturated rings. The molecular formula is C14H20N2O2. The molecule has 0 spiro atoms. The molecule has 4 N–H and O–H groups in total. The van der Waals surface area contributed by atoms with Gasteiger partial charge in [-0.1, -0.05) is 6.07 Å². The molecule has 18 heavy (non-hydrogen) atoms. The second kappa shape index (κ2) is 5.50. The molecule has 4 nitrogen and oxygen atoms in total. The Bertz CT molecular complexity index is 441. The minimum absolute atomic E-state index is 0.227. The van der Waals surface area contributed by atoms with Gasteiger partial charge in [-0.15, -0.1) is 0 Å². The van der Waals surface area contributed by atoms with Crippen LogP contribution in [0.4, 0.5) is 0 Å². The third kappa shape index (κ3) is 3.31. The predicted octanol–water partition coefficient (Wildman–Crippen LogP) is 0.954. The molecule has 4 heteroatoms. The standard InChI is InChI=1S/C14H20N2O2/c1-9-6-11(14(15)18)4-5-12(9)7-16-8-13(17)10-2-3-10/h4-6,10,13,16-17H,2-3,7-8H2,1H3,(H2,15,18). The van der Waals surface area contributed by atoms with Crippen LogP contribution in [0.1, 0.15) is 34.3 Å². The van der Waals surface area contributed by atoms with Gasteiger partial charge in [0.25, 0.3) is 0 Å². The van der Waals surface area contributed by atoms with Crippen LogP contribution < -0.4 is 11.1 Å². The van der Waals surface area contributed by atoms with Gasteiger partial charge in [-0.2, -0.15) is 0 Å². The van der Waals surface area contributed by atoms with Crippen molar-refractivity contribution < 1.29 is 9.90 Å². The van der Waals surface area contributed by atoms with Gasteiger partial charge in [0.2, 0.25) is 5.91 Å². The fraction of sp³-hybridized carbons (Fsp3) is 0.500. The van der Waals surface area contributed by atoms with Crippen molar-refractivity contribution in [3.63, 3.8) is 0 Å². The van der Waals surface area contributed by atoms with Crippen molar-refractivity contribution in [3.05, 3.63) is 34.9 Å². The SMILES string of the molecule is Cc1cc(C(N)=O)ccc1CNCC(O)C1CC1. The monoisotopic (exact) mass is 248 g/mol. The highest BCUT2D eigenvalue weighted by Gasteiger charge is 2.29. The van der Waals surface area contributed by atoms with Crippen LogP contribution in [0.3, 0.4) is 0 Å². The number of hydrogen-bond acceptors (Lipinski definition) is 3. The van der Waals surface area contributed by atoms with Gasteiger partial charge >= 0.3 is 0 Å². The summed E-state index contributed by atoms with van der Waals surface area (Å²) in [4.78, 5) is 11.0. The molecule has 1 unspecified atom stereocenters. The maximum Gasteiger partial charge on any atom is 0.248 e. The smallest absolute Gasteiger partial charge is 0.248 e. The summed E-state index contributed by atoms with van der Waals surface area (Å²) in [5.74, 6) is 0.0950. The van der Waals surface area contributed by atoms with Gasteiger partial charge in [0.05, 0.1) is 6.10 Å². The highest BCUT2D eigenvalue weighted by Crippen LogP contribution is 2.32. The molecule has 1 aliphatic carbocycles. The van der Waals surface area contributed by atoms with Crippen LogP contribution in [-0.2, 0) is 6.54 Å². The summed E-state index contributed by atoms with van der Waals surface area (Å²) in [6, 6.07) is 5.45. The zero-order valence-corrected chi connectivity index (χ0v) is 10.6. The van der Waals surface area contributed by atoms with Crippen molar-refractivity contribution in [2.45, 2.75) is 32.4 Å². The van der Waals surface area contributed by atoms with Gasteiger partial charge in [-0.05, 0) is 48.9 Å². The van der Waals surface area contributed by atoms with Gasteiger partial charge in [-0.3, -0.25) is 4.79 Å². The molecule has 0 aliphatic heterocycles. The van der Waals surface area contributed by atoms with Crippen molar-refractivity contribution in [2.24, 2.45) is 11.7 Å². The number of amides is 1. The second-order valence-corrected chi connectivity index (χ2v) is 5.04. The van der Waals surface area contributed by atoms with Crippen molar-refractivity contribution in [1.82, 2.24) is 5.32 Å². The van der Waals surface area contributed by atoms with Crippen LogP contribution in [0, 0.1) is 12.8 Å². The van der Waals surface area contributed by atoms with E-state index < -0.39 is 5.91 Å². The number of hydrogen-bond donors (Lipinski definition) is 3. The van der Waals surface area contributed by atoms with E-state index >= 15 is 0 Å². The molecule has 98 valence electrons. The lowest BCUT2D eigenvalue weighted by molar-refractivity contribution is 0.1000. The first-order valence-electron chi connectivity index (χ1n) is 6.36. The zero-order chi connectivity index (χ0) is 13.1. The van der Waals surface area contributed by atoms with Crippen LogP contribution >= 0.6 is 0 Å². The van der Waals surface area contributed by atoms with Crippen LogP contribution in [-0.4, -0.2) is 23.7 Å². The van der Waals surface area contributed by atoms with Crippen LogP contribution in [0.2, 0.25) is 0 Å². The van der Waals surface area contributed by atoms with Crippen LogP contribution in [0.5, 0.6) is 0 Å². The number of aliphatic hydroxyl groups excluding tert-OH is 1. The molecule has 2 rings (SSSR count). The first kappa shape index (κ1) is 13.1. The van der Waals surface area contributed by atoms with Crippen molar-refractivity contribution >= 4 is 5.91 Å². The van der Waals surface area contributed by atoms with E-state index in [4.69, 9.17) is 5.73 Å². The Kier molecular flexibility index (Phi) is 3.99. The molecule has 0 bridgehead atoms. The van der Waals surface area contributed by atoms with Gasteiger partial charge in [0.1, 0.15) is 0 Å². The molecule has 1 aromatic carbocycles. The van der Waals surface area contributed by atoms with E-state index in [1.165, 1.54) is 0 Å². The minimum Gasteiger partial charge on any atom is -0.392 e. The Morgan fingerprint density at radius 3 is 2.83 bits per heavy atom. The molecule has 1 aromatic rings. The second-order valence-electron chi connectivity index (χ2n) is 5.04. The summed E-state index contributed by atoms with van der Waals surface area (Å²) in [6.45, 7) is 3.29. The van der Waals surface area contributed by atoms with Crippen molar-refractivity contribution in [2.75, 3.05) is 6.54 Å². The quantitative estimate of drug-likeness (QED) is 0.701. The molecule has 1 atom stereocenters. The topological polar surface area (TPSA) is 75.4 Å². The maximum atomic E-state index is 11.0. The summed E-state index contributed by atoms with van der Waals surface area (Å²) in [5.41, 5.74) is 7.93. The number of aryl methyl sites for hydroxylation is 1. The number of carbonyl (C=O) groups is 1. The average molecular weight is 248 g/mol. The normalized spacial score (nSPS) is 16.6. The largest absolute Gasteiger partial charge is 0.392 e. The average Bonchev–Trinajstić information content (AvgIpc) is 3.14. The highest BCUT2D eigenvalue weighted by atomic mass is 16.3. The molecule has 1 aliphatic rings. The van der Waals surface area contributed by atoms with Crippen molar-refractivity contribution in [1.29, 1.82) is 0 Å². The van der Waals surface area contributed by atoms with E-state index in [-0.39, 0.29) is 6.10 Å². The molecule has 0 aromatic heterocycles. The van der Waals surface area contributed by atoms with Crippen LogP contribution in [0.25, 0.3) is 0 Å². The Balaban J connectivity index is 1.86. The third-order valence-electron chi connectivity index (χ3n) is 3.46.